The summed E-state index contributed by atoms with van der Waals surface area (Å²) in [5.74, 6) is 1.37. The van der Waals surface area contributed by atoms with Crippen LogP contribution in [0.5, 0.6) is 0 Å². The summed E-state index contributed by atoms with van der Waals surface area (Å²) in [7, 11) is 7.85. The number of aliphatic imine (C=N–C) groups is 1. The van der Waals surface area contributed by atoms with Crippen LogP contribution in [0.25, 0.3) is 18.2 Å². The molecule has 0 fully saturated rings. The number of hydrogen-bond donors (Lipinski definition) is 0. The number of rotatable bonds is 17. The van der Waals surface area contributed by atoms with Gasteiger partial charge in [0.05, 0.1) is 0 Å². The van der Waals surface area contributed by atoms with E-state index in [4.69, 9.17) is 0 Å². The number of anilines is 2. The summed E-state index contributed by atoms with van der Waals surface area (Å²) in [6.45, 7) is 3.64. The molecule has 0 radical (unpaired) electrons. The number of allylic oxidation sites excluding steroid dienone is 3. The van der Waals surface area contributed by atoms with Gasteiger partial charge in [-0.05, 0) is 59.0 Å². The summed E-state index contributed by atoms with van der Waals surface area (Å²) < 4.78 is 2.02. The van der Waals surface area contributed by atoms with Crippen molar-refractivity contribution in [1.29, 1.82) is 0 Å². The quantitative estimate of drug-likeness (QED) is 0.0848. The van der Waals surface area contributed by atoms with E-state index >= 15 is 0 Å². The molecule has 3 aromatic rings. The number of benzene rings is 2. The van der Waals surface area contributed by atoms with Gasteiger partial charge in [0.15, 0.2) is 22.6 Å². The van der Waals surface area contributed by atoms with E-state index in [9.17, 15) is 9.59 Å². The molecule has 0 unspecified atom stereocenters. The standard InChI is InChI=1S/C38H47N4O2S2/c1-6-31(21-24-39-2)7-8-32-11-15-35(16-12-32)41(4)27-29-45-37(43)19-20-38(44)46-30-28-42(5)36-17-13-33(14-18-36)9-10-34-22-25-40(3)26-23-34/h7-18,21-26H,6,19-20,27-30H2,1-5H3/q+1. The predicted molar refractivity (Wildman–Crippen MR) is 202 cm³/mol. The molecule has 46 heavy (non-hydrogen) atoms. The second kappa shape index (κ2) is 20.3. The fraction of sp³-hybridized carbons (Fsp3) is 0.316. The van der Waals surface area contributed by atoms with E-state index < -0.39 is 0 Å². The lowest BCUT2D eigenvalue weighted by atomic mass is 10.1. The van der Waals surface area contributed by atoms with Crippen LogP contribution in [0, 0.1) is 0 Å². The Bertz CT molecular complexity index is 1500. The van der Waals surface area contributed by atoms with Crippen molar-refractivity contribution in [3.8, 4) is 0 Å². The number of thioether (sulfide) groups is 2. The van der Waals surface area contributed by atoms with E-state index in [2.05, 4.69) is 107 Å². The van der Waals surface area contributed by atoms with Gasteiger partial charge < -0.3 is 9.80 Å². The number of aromatic nitrogens is 1. The minimum Gasteiger partial charge on any atom is -0.374 e. The number of hydrogen-bond acceptors (Lipinski definition) is 7. The molecule has 0 atom stereocenters. The molecule has 0 N–H and O–H groups in total. The predicted octanol–water partition coefficient (Wildman–Crippen LogP) is 7.60. The molecule has 1 aromatic heterocycles. The smallest absolute Gasteiger partial charge is 0.189 e. The van der Waals surface area contributed by atoms with Crippen molar-refractivity contribution >= 4 is 69.6 Å². The minimum absolute atomic E-state index is 0.0725. The van der Waals surface area contributed by atoms with Crippen molar-refractivity contribution in [2.24, 2.45) is 12.0 Å². The third-order valence-electron chi connectivity index (χ3n) is 7.39. The summed E-state index contributed by atoms with van der Waals surface area (Å²) >= 11 is 2.62. The molecular formula is C38H47N4O2S2+. The minimum atomic E-state index is 0.0725. The molecule has 2 aromatic carbocycles. The van der Waals surface area contributed by atoms with Gasteiger partial charge in [-0.1, -0.05) is 79.0 Å². The maximum Gasteiger partial charge on any atom is 0.189 e. The van der Waals surface area contributed by atoms with E-state index in [1.165, 1.54) is 29.1 Å². The van der Waals surface area contributed by atoms with Crippen molar-refractivity contribution in [2.45, 2.75) is 26.2 Å². The zero-order chi connectivity index (χ0) is 33.1. The molecule has 0 aliphatic rings. The first kappa shape index (κ1) is 36.6. The lowest BCUT2D eigenvalue weighted by molar-refractivity contribution is -0.671. The van der Waals surface area contributed by atoms with E-state index in [-0.39, 0.29) is 23.1 Å². The van der Waals surface area contributed by atoms with E-state index in [0.29, 0.717) is 11.5 Å². The van der Waals surface area contributed by atoms with Crippen LogP contribution in [0.2, 0.25) is 0 Å². The molecule has 0 aliphatic carbocycles. The monoisotopic (exact) mass is 655 g/mol. The summed E-state index contributed by atoms with van der Waals surface area (Å²) in [5, 5.41) is 0.145. The average Bonchev–Trinajstić information content (AvgIpc) is 3.07. The third kappa shape index (κ3) is 13.6. The summed E-state index contributed by atoms with van der Waals surface area (Å²) in [6.07, 6.45) is 17.9. The van der Waals surface area contributed by atoms with Gasteiger partial charge in [-0.3, -0.25) is 14.6 Å². The fourth-order valence-electron chi connectivity index (χ4n) is 4.36. The largest absolute Gasteiger partial charge is 0.374 e. The highest BCUT2D eigenvalue weighted by Gasteiger charge is 2.10. The second-order valence-electron chi connectivity index (χ2n) is 10.9. The zero-order valence-corrected chi connectivity index (χ0v) is 29.4. The number of pyridine rings is 1. The van der Waals surface area contributed by atoms with Crippen molar-refractivity contribution < 1.29 is 14.2 Å². The number of carbonyl (C=O) groups is 2. The summed E-state index contributed by atoms with van der Waals surface area (Å²) in [4.78, 5) is 33.1. The van der Waals surface area contributed by atoms with E-state index in [0.717, 1.165) is 47.6 Å². The average molecular weight is 656 g/mol. The highest BCUT2D eigenvalue weighted by Crippen LogP contribution is 2.19. The van der Waals surface area contributed by atoms with Gasteiger partial charge in [0.25, 0.3) is 0 Å². The van der Waals surface area contributed by atoms with Crippen LogP contribution in [0.15, 0.2) is 95.8 Å². The van der Waals surface area contributed by atoms with Crippen LogP contribution in [0.4, 0.5) is 11.4 Å². The Morgan fingerprint density at radius 2 is 1.20 bits per heavy atom. The SMILES string of the molecule is CCC(C=Cc1ccc(N(C)CCSC(=O)CCC(=O)SCCN(C)c2ccc(C=Cc3cc[n+](C)cc3)cc2)cc1)=CC=NC. The molecule has 0 amide bonds. The lowest BCUT2D eigenvalue weighted by Crippen LogP contribution is -2.25. The van der Waals surface area contributed by atoms with Crippen LogP contribution in [-0.2, 0) is 16.6 Å². The molecule has 6 nitrogen and oxygen atoms in total. The Morgan fingerprint density at radius 3 is 1.65 bits per heavy atom. The molecular weight excluding hydrogens is 609 g/mol. The molecule has 0 aliphatic heterocycles. The first-order valence-corrected chi connectivity index (χ1v) is 17.6. The second-order valence-corrected chi connectivity index (χ2v) is 13.2. The molecule has 242 valence electrons. The number of aryl methyl sites for hydroxylation is 1. The van der Waals surface area contributed by atoms with Crippen LogP contribution in [0.3, 0.4) is 0 Å². The highest BCUT2D eigenvalue weighted by atomic mass is 32.2. The number of carbonyl (C=O) groups excluding carboxylic acids is 2. The Morgan fingerprint density at radius 1 is 0.739 bits per heavy atom. The van der Waals surface area contributed by atoms with Gasteiger partial charge in [-0.25, -0.2) is 4.57 Å². The van der Waals surface area contributed by atoms with Crippen molar-refractivity contribution in [1.82, 2.24) is 0 Å². The van der Waals surface area contributed by atoms with Crippen LogP contribution in [0.1, 0.15) is 42.9 Å². The topological polar surface area (TPSA) is 56.9 Å². The Hall–Kier alpha value is -3.88. The van der Waals surface area contributed by atoms with Gasteiger partial charge in [0.1, 0.15) is 7.05 Å². The third-order valence-corrected chi connectivity index (χ3v) is 9.21. The molecule has 0 saturated heterocycles. The Kier molecular flexibility index (Phi) is 16.1. The van der Waals surface area contributed by atoms with Gasteiger partial charge in [0, 0.05) is 88.3 Å². The number of nitrogens with zero attached hydrogens (tertiary/aromatic N) is 4. The van der Waals surface area contributed by atoms with Crippen molar-refractivity contribution in [2.75, 3.05) is 55.5 Å². The Balaban J connectivity index is 1.30. The summed E-state index contributed by atoms with van der Waals surface area (Å²) in [5.41, 5.74) is 6.88. The first-order valence-electron chi connectivity index (χ1n) is 15.6. The molecule has 8 heteroatoms. The van der Waals surface area contributed by atoms with Crippen LogP contribution >= 0.6 is 23.5 Å². The van der Waals surface area contributed by atoms with Crippen molar-refractivity contribution in [3.63, 3.8) is 0 Å². The van der Waals surface area contributed by atoms with Crippen molar-refractivity contribution in [3.05, 3.63) is 107 Å². The van der Waals surface area contributed by atoms with Gasteiger partial charge in [-0.2, -0.15) is 0 Å². The normalized spacial score (nSPS) is 12.0. The van der Waals surface area contributed by atoms with Gasteiger partial charge in [-0.15, -0.1) is 0 Å². The maximum atomic E-state index is 12.4. The van der Waals surface area contributed by atoms with Gasteiger partial charge in [0.2, 0.25) is 0 Å². The molecule has 0 saturated carbocycles. The maximum absolute atomic E-state index is 12.4. The highest BCUT2D eigenvalue weighted by molar-refractivity contribution is 8.14. The Labute approximate surface area is 284 Å². The molecule has 0 spiro atoms. The molecule has 0 bridgehead atoms. The van der Waals surface area contributed by atoms with Gasteiger partial charge >= 0.3 is 0 Å². The molecule has 3 rings (SSSR count). The zero-order valence-electron chi connectivity index (χ0n) is 27.8. The first-order chi connectivity index (χ1) is 22.3. The van der Waals surface area contributed by atoms with Crippen LogP contribution < -0.4 is 14.4 Å². The van der Waals surface area contributed by atoms with E-state index in [1.807, 2.05) is 50.4 Å². The van der Waals surface area contributed by atoms with Crippen LogP contribution in [-0.4, -0.2) is 62.2 Å². The molecule has 1 heterocycles. The lowest BCUT2D eigenvalue weighted by Gasteiger charge is -2.19. The summed E-state index contributed by atoms with van der Waals surface area (Å²) in [6, 6.07) is 21.0. The fourth-order valence-corrected chi connectivity index (χ4v) is 6.04. The van der Waals surface area contributed by atoms with E-state index in [1.54, 1.807) is 7.05 Å².